The number of ether oxygens (including phenoxy) is 1. The second kappa shape index (κ2) is 17.8. The van der Waals surface area contributed by atoms with E-state index in [1.165, 1.54) is 4.90 Å². The topological polar surface area (TPSA) is 183 Å². The molecule has 4 rings (SSSR count). The first-order valence-electron chi connectivity index (χ1n) is 19.3. The number of fused-ring (bicyclic) bond motifs is 1. The smallest absolute Gasteiger partial charge is 0.407 e. The highest BCUT2D eigenvalue weighted by molar-refractivity contribution is 6.38. The molecule has 1 heterocycles. The van der Waals surface area contributed by atoms with Gasteiger partial charge in [-0.05, 0) is 53.4 Å². The maximum Gasteiger partial charge on any atom is 0.407 e. The molecule has 298 valence electrons. The molecule has 0 unspecified atom stereocenters. The Bertz CT molecular complexity index is 1560. The predicted molar refractivity (Wildman–Crippen MR) is 201 cm³/mol. The van der Waals surface area contributed by atoms with E-state index in [0.29, 0.717) is 18.5 Å². The van der Waals surface area contributed by atoms with Crippen LogP contribution >= 0.6 is 0 Å². The molecule has 3 fully saturated rings. The summed E-state index contributed by atoms with van der Waals surface area (Å²) in [4.78, 5) is 97.0. The Balaban J connectivity index is 1.47. The second-order valence-electron chi connectivity index (χ2n) is 16.7. The number of likely N-dealkylation sites (tertiary alicyclic amines) is 1. The largest absolute Gasteiger partial charge is 0.449 e. The normalized spacial score (nSPS) is 22.5. The molecule has 1 aromatic rings. The number of hydrogen-bond acceptors (Lipinski definition) is 8. The number of carbonyl (C=O) groups excluding carboxylic acids is 7. The summed E-state index contributed by atoms with van der Waals surface area (Å²) in [6.07, 6.45) is 4.27. The molecule has 6 atom stereocenters. The van der Waals surface area contributed by atoms with Gasteiger partial charge in [0.15, 0.2) is 0 Å². The first-order chi connectivity index (χ1) is 25.4. The molecule has 0 aromatic heterocycles. The third-order valence-electron chi connectivity index (χ3n) is 11.5. The van der Waals surface area contributed by atoms with Crippen molar-refractivity contribution < 1.29 is 38.3 Å². The number of benzene rings is 1. The van der Waals surface area contributed by atoms with Crippen molar-refractivity contribution in [3.05, 3.63) is 35.9 Å². The van der Waals surface area contributed by atoms with Crippen LogP contribution in [0.15, 0.2) is 30.3 Å². The fourth-order valence-electron chi connectivity index (χ4n) is 8.19. The van der Waals surface area contributed by atoms with Crippen molar-refractivity contribution in [2.24, 2.45) is 28.6 Å². The number of ketones is 1. The lowest BCUT2D eigenvalue weighted by Crippen LogP contribution is -2.61. The van der Waals surface area contributed by atoms with Crippen LogP contribution in [0.5, 0.6) is 0 Å². The Morgan fingerprint density at radius 3 is 2.17 bits per heavy atom. The lowest BCUT2D eigenvalue weighted by Gasteiger charge is -2.43. The highest BCUT2D eigenvalue weighted by atomic mass is 16.5. The molecular weight excluding hydrogens is 692 g/mol. The van der Waals surface area contributed by atoms with Crippen LogP contribution in [-0.4, -0.2) is 103 Å². The Morgan fingerprint density at radius 2 is 1.57 bits per heavy atom. The third-order valence-corrected chi connectivity index (χ3v) is 11.5. The van der Waals surface area contributed by atoms with E-state index in [1.54, 1.807) is 49.3 Å². The van der Waals surface area contributed by atoms with Gasteiger partial charge in [-0.15, -0.1) is 0 Å². The van der Waals surface area contributed by atoms with Crippen molar-refractivity contribution in [1.29, 1.82) is 0 Å². The molecule has 3 aliphatic rings. The summed E-state index contributed by atoms with van der Waals surface area (Å²) in [6, 6.07) is 4.64. The van der Waals surface area contributed by atoms with Gasteiger partial charge >= 0.3 is 6.09 Å². The van der Waals surface area contributed by atoms with E-state index in [4.69, 9.17) is 4.74 Å². The zero-order valence-corrected chi connectivity index (χ0v) is 33.2. The number of carbonyl (C=O) groups is 7. The average Bonchev–Trinajstić information content (AvgIpc) is 3.43. The van der Waals surface area contributed by atoms with Gasteiger partial charge in [0, 0.05) is 20.6 Å². The number of piperidine rings is 1. The quantitative estimate of drug-likeness (QED) is 0.186. The first kappa shape index (κ1) is 42.3. The van der Waals surface area contributed by atoms with Crippen LogP contribution in [0.2, 0.25) is 0 Å². The Morgan fingerprint density at radius 1 is 0.926 bits per heavy atom. The average molecular weight is 753 g/mol. The number of likely N-dealkylation sites (N-methyl/N-ethyl adjacent to an activating group) is 1. The molecule has 0 spiro atoms. The van der Waals surface area contributed by atoms with Gasteiger partial charge in [0.05, 0.1) is 19.2 Å². The molecule has 6 amide bonds. The van der Waals surface area contributed by atoms with Crippen LogP contribution < -0.4 is 21.3 Å². The van der Waals surface area contributed by atoms with Gasteiger partial charge in [-0.3, -0.25) is 28.8 Å². The molecule has 54 heavy (non-hydrogen) atoms. The highest BCUT2D eigenvalue weighted by Crippen LogP contribution is 2.65. The minimum Gasteiger partial charge on any atom is -0.449 e. The molecule has 1 aromatic carbocycles. The molecule has 0 bridgehead atoms. The van der Waals surface area contributed by atoms with Gasteiger partial charge in [-0.25, -0.2) is 4.79 Å². The summed E-state index contributed by atoms with van der Waals surface area (Å²) in [5.41, 5.74) is -0.214. The van der Waals surface area contributed by atoms with Crippen LogP contribution in [0.3, 0.4) is 0 Å². The number of nitrogens with zero attached hydrogens (tertiary/aromatic N) is 2. The number of alkyl carbamates (subject to hydrolysis) is 1. The molecule has 14 heteroatoms. The Hall–Kier alpha value is -4.49. The lowest BCUT2D eigenvalue weighted by molar-refractivity contribution is -0.146. The molecule has 0 radical (unpaired) electrons. The number of rotatable bonds is 16. The summed E-state index contributed by atoms with van der Waals surface area (Å²) in [7, 11) is 3.13. The van der Waals surface area contributed by atoms with E-state index in [9.17, 15) is 33.6 Å². The summed E-state index contributed by atoms with van der Waals surface area (Å²) < 4.78 is 5.42. The fourth-order valence-corrected chi connectivity index (χ4v) is 8.19. The van der Waals surface area contributed by atoms with Crippen LogP contribution in [0.1, 0.15) is 98.1 Å². The number of nitrogens with one attached hydrogen (secondary N) is 4. The van der Waals surface area contributed by atoms with Crippen LogP contribution in [-0.2, 0) is 33.5 Å². The molecule has 2 saturated carbocycles. The zero-order chi connectivity index (χ0) is 40.0. The van der Waals surface area contributed by atoms with Crippen LogP contribution in [0.4, 0.5) is 4.79 Å². The summed E-state index contributed by atoms with van der Waals surface area (Å²) >= 11 is 0. The van der Waals surface area contributed by atoms with Gasteiger partial charge in [-0.2, -0.15) is 0 Å². The monoisotopic (exact) mass is 752 g/mol. The first-order valence-corrected chi connectivity index (χ1v) is 19.3. The van der Waals surface area contributed by atoms with Crippen molar-refractivity contribution in [2.75, 3.05) is 33.8 Å². The van der Waals surface area contributed by atoms with E-state index in [1.807, 2.05) is 41.5 Å². The SMILES string of the molecule is CCC[C@H](NC(=O)[C@@H]1[C@H]2[C@H](CN1C(=O)[C@@H](NC(=O)OCC(C)C)C1(C)CCCCC1)C2(C)C)C(=O)C(=O)NCC(=O)N[C@H](C(=O)N(C)C)c1ccccc1. The minimum absolute atomic E-state index is 0.0473. The van der Waals surface area contributed by atoms with Crippen LogP contribution in [0.25, 0.3) is 0 Å². The number of Topliss-reactive ketones (excluding diaryl/α,β-unsaturated/α-hetero) is 1. The second-order valence-corrected chi connectivity index (χ2v) is 16.7. The maximum absolute atomic E-state index is 14.5. The van der Waals surface area contributed by atoms with Crippen molar-refractivity contribution in [3.63, 3.8) is 0 Å². The van der Waals surface area contributed by atoms with Crippen molar-refractivity contribution in [3.8, 4) is 0 Å². The van der Waals surface area contributed by atoms with Gasteiger partial charge < -0.3 is 35.8 Å². The molecule has 14 nitrogen and oxygen atoms in total. The van der Waals surface area contributed by atoms with Crippen LogP contribution in [0, 0.1) is 28.6 Å². The molecule has 4 N–H and O–H groups in total. The van der Waals surface area contributed by atoms with Gasteiger partial charge in [0.1, 0.15) is 18.1 Å². The van der Waals surface area contributed by atoms with Crippen molar-refractivity contribution >= 4 is 41.4 Å². The Kier molecular flexibility index (Phi) is 13.9. The highest BCUT2D eigenvalue weighted by Gasteiger charge is 2.70. The van der Waals surface area contributed by atoms with Gasteiger partial charge in [0.25, 0.3) is 5.91 Å². The number of amides is 6. The third kappa shape index (κ3) is 9.78. The summed E-state index contributed by atoms with van der Waals surface area (Å²) in [5.74, 6) is -3.94. The number of hydrogen-bond donors (Lipinski definition) is 4. The van der Waals surface area contributed by atoms with E-state index in [2.05, 4.69) is 21.3 Å². The predicted octanol–water partition coefficient (Wildman–Crippen LogP) is 3.11. The van der Waals surface area contributed by atoms with Gasteiger partial charge in [0.2, 0.25) is 29.4 Å². The standard InChI is InChI=1S/C40H60N6O8/c1-9-16-27(32(48)35(50)41-21-28(47)43-30(36(51)45(7)8)25-17-12-10-13-18-25)42-34(49)31-29-26(39(29,4)5)22-46(31)37(52)33(40(6)19-14-11-15-20-40)44-38(53)54-23-24(2)3/h10,12-13,17-18,24,26-27,29-31,33H,9,11,14-16,19-23H2,1-8H3,(H,41,50)(H,42,49)(H,43,47)(H,44,53)/t26-,27-,29+,30-,31-,33+/m0/s1. The van der Waals surface area contributed by atoms with Crippen molar-refractivity contribution in [1.82, 2.24) is 31.1 Å². The Labute approximate surface area is 319 Å². The summed E-state index contributed by atoms with van der Waals surface area (Å²) in [5, 5.41) is 10.6. The van der Waals surface area contributed by atoms with Gasteiger partial charge in [-0.1, -0.05) is 97.6 Å². The summed E-state index contributed by atoms with van der Waals surface area (Å²) in [6.45, 7) is 11.7. The zero-order valence-electron chi connectivity index (χ0n) is 33.2. The van der Waals surface area contributed by atoms with E-state index in [0.717, 1.165) is 32.1 Å². The van der Waals surface area contributed by atoms with E-state index in [-0.39, 0.29) is 48.0 Å². The molecule has 2 aliphatic carbocycles. The molecular formula is C40H60N6O8. The van der Waals surface area contributed by atoms with E-state index < -0.39 is 65.7 Å². The minimum atomic E-state index is -1.20. The van der Waals surface area contributed by atoms with E-state index >= 15 is 0 Å². The maximum atomic E-state index is 14.5. The lowest BCUT2D eigenvalue weighted by atomic mass is 9.70. The fraction of sp³-hybridized carbons (Fsp3) is 0.675. The molecule has 1 aliphatic heterocycles. The van der Waals surface area contributed by atoms with Crippen molar-refractivity contribution in [2.45, 2.75) is 111 Å². The molecule has 1 saturated heterocycles.